The molecule has 0 bridgehead atoms. The van der Waals surface area contributed by atoms with E-state index >= 15 is 0 Å². The fourth-order valence-corrected chi connectivity index (χ4v) is 2.11. The van der Waals surface area contributed by atoms with Crippen molar-refractivity contribution in [1.82, 2.24) is 14.5 Å². The van der Waals surface area contributed by atoms with Crippen molar-refractivity contribution in [2.45, 2.75) is 20.4 Å². The van der Waals surface area contributed by atoms with Crippen molar-refractivity contribution in [2.24, 2.45) is 0 Å². The third kappa shape index (κ3) is 1.93. The zero-order valence-corrected chi connectivity index (χ0v) is 10.8. The highest BCUT2D eigenvalue weighted by atomic mass is 16.3. The van der Waals surface area contributed by atoms with E-state index in [1.54, 1.807) is 23.3 Å². The van der Waals surface area contributed by atoms with Crippen LogP contribution in [0.5, 0.6) is 0 Å². The maximum Gasteiger partial charge on any atom is 0.231 e. The Kier molecular flexibility index (Phi) is 2.67. The molecule has 0 saturated carbocycles. The highest BCUT2D eigenvalue weighted by molar-refractivity contribution is 5.76. The van der Waals surface area contributed by atoms with E-state index in [-0.39, 0.29) is 0 Å². The second-order valence-corrected chi connectivity index (χ2v) is 4.54. The van der Waals surface area contributed by atoms with Crippen LogP contribution in [-0.4, -0.2) is 14.5 Å². The molecule has 0 aromatic carbocycles. The Balaban J connectivity index is 2.13. The maximum absolute atomic E-state index is 8.29. The largest absolute Gasteiger partial charge is 0.443 e. The number of pyridine rings is 1. The van der Waals surface area contributed by atoms with Crippen LogP contribution in [0, 0.1) is 19.3 Å². The molecule has 0 spiro atoms. The first-order valence-electron chi connectivity index (χ1n) is 6.05. The smallest absolute Gasteiger partial charge is 0.231 e. The van der Waals surface area contributed by atoms with Gasteiger partial charge in [-0.2, -0.15) is 0 Å². The van der Waals surface area contributed by atoms with Crippen LogP contribution in [-0.2, 0) is 6.54 Å². The van der Waals surface area contributed by atoms with Crippen molar-refractivity contribution in [2.75, 3.05) is 0 Å². The molecule has 1 N–H and O–H groups in total. The molecule has 3 heterocycles. The Bertz CT molecular complexity index is 786. The molecule has 3 aromatic heterocycles. The van der Waals surface area contributed by atoms with Gasteiger partial charge in [0.1, 0.15) is 17.6 Å². The lowest BCUT2D eigenvalue weighted by atomic mass is 10.2. The topological polar surface area (TPSA) is 67.7 Å². The molecule has 0 aliphatic carbocycles. The average molecular weight is 254 g/mol. The number of rotatable bonds is 2. The normalized spacial score (nSPS) is 11.1. The minimum Gasteiger partial charge on any atom is -0.443 e. The van der Waals surface area contributed by atoms with Crippen molar-refractivity contribution in [1.29, 1.82) is 5.41 Å². The Morgan fingerprint density at radius 3 is 2.74 bits per heavy atom. The molecule has 0 atom stereocenters. The van der Waals surface area contributed by atoms with E-state index in [0.717, 1.165) is 22.3 Å². The number of nitrogens with one attached hydrogen (secondary N) is 1. The molecule has 5 nitrogen and oxygen atoms in total. The minimum absolute atomic E-state index is 0.427. The van der Waals surface area contributed by atoms with Crippen molar-refractivity contribution in [3.63, 3.8) is 0 Å². The maximum atomic E-state index is 8.29. The van der Waals surface area contributed by atoms with E-state index in [0.29, 0.717) is 17.7 Å². The van der Waals surface area contributed by atoms with Gasteiger partial charge in [0.15, 0.2) is 0 Å². The number of aromatic nitrogens is 3. The van der Waals surface area contributed by atoms with Gasteiger partial charge in [-0.15, -0.1) is 0 Å². The zero-order chi connectivity index (χ0) is 13.4. The molecule has 19 heavy (non-hydrogen) atoms. The summed E-state index contributed by atoms with van der Waals surface area (Å²) in [4.78, 5) is 8.27. The van der Waals surface area contributed by atoms with Gasteiger partial charge in [0, 0.05) is 18.0 Å². The Hall–Kier alpha value is -2.43. The third-order valence-corrected chi connectivity index (χ3v) is 3.31. The summed E-state index contributed by atoms with van der Waals surface area (Å²) >= 11 is 0. The Morgan fingerprint density at radius 2 is 2.00 bits per heavy atom. The van der Waals surface area contributed by atoms with E-state index in [1.165, 1.54) is 0 Å². The summed E-state index contributed by atoms with van der Waals surface area (Å²) in [6.07, 6.45) is 5.14. The van der Waals surface area contributed by atoms with Crippen LogP contribution in [0.3, 0.4) is 0 Å². The number of furan rings is 1. The fraction of sp³-hybridized carbons (Fsp3) is 0.214. The highest BCUT2D eigenvalue weighted by Crippen LogP contribution is 2.19. The van der Waals surface area contributed by atoms with E-state index in [2.05, 4.69) is 9.97 Å². The molecule has 0 amide bonds. The fourth-order valence-electron chi connectivity index (χ4n) is 2.11. The quantitative estimate of drug-likeness (QED) is 0.762. The number of fused-ring (bicyclic) bond motifs is 1. The highest BCUT2D eigenvalue weighted by Gasteiger charge is 2.11. The van der Waals surface area contributed by atoms with E-state index in [9.17, 15) is 0 Å². The first kappa shape index (κ1) is 11.6. The van der Waals surface area contributed by atoms with Crippen LogP contribution in [0.15, 0.2) is 35.3 Å². The zero-order valence-electron chi connectivity index (χ0n) is 10.8. The average Bonchev–Trinajstić information content (AvgIpc) is 2.71. The monoisotopic (exact) mass is 254 g/mol. The van der Waals surface area contributed by atoms with Gasteiger partial charge in [-0.25, -0.2) is 4.98 Å². The number of nitrogens with zero attached hydrogens (tertiary/aromatic N) is 3. The van der Waals surface area contributed by atoms with Gasteiger partial charge in [-0.1, -0.05) is 0 Å². The molecular weight excluding hydrogens is 240 g/mol. The summed E-state index contributed by atoms with van der Waals surface area (Å²) in [6.45, 7) is 4.45. The number of hydrogen-bond acceptors (Lipinski definition) is 4. The van der Waals surface area contributed by atoms with Gasteiger partial charge in [0.25, 0.3) is 0 Å². The molecule has 3 aromatic rings. The van der Waals surface area contributed by atoms with E-state index in [4.69, 9.17) is 9.83 Å². The van der Waals surface area contributed by atoms with Gasteiger partial charge < -0.3 is 8.98 Å². The van der Waals surface area contributed by atoms with E-state index in [1.807, 2.05) is 26.0 Å². The molecule has 0 aliphatic rings. The SMILES string of the molecule is Cc1oc2ncn(Cc3ccncc3)c(=N)c2c1C. The molecule has 0 fully saturated rings. The standard InChI is InChI=1S/C14H14N4O/c1-9-10(2)19-14-12(9)13(15)18(8-17-14)7-11-3-5-16-6-4-11/h3-6,8,15H,7H2,1-2H3. The van der Waals surface area contributed by atoms with Gasteiger partial charge in [0.2, 0.25) is 5.71 Å². The number of hydrogen-bond donors (Lipinski definition) is 1. The Morgan fingerprint density at radius 1 is 1.26 bits per heavy atom. The second-order valence-electron chi connectivity index (χ2n) is 4.54. The van der Waals surface area contributed by atoms with Crippen LogP contribution >= 0.6 is 0 Å². The molecule has 3 rings (SSSR count). The van der Waals surface area contributed by atoms with Crippen LogP contribution in [0.4, 0.5) is 0 Å². The molecule has 0 aliphatic heterocycles. The summed E-state index contributed by atoms with van der Waals surface area (Å²) in [5, 5.41) is 9.08. The molecule has 96 valence electrons. The third-order valence-electron chi connectivity index (χ3n) is 3.31. The molecule has 5 heteroatoms. The van der Waals surface area contributed by atoms with Gasteiger partial charge in [0.05, 0.1) is 11.9 Å². The molecular formula is C14H14N4O. The summed E-state index contributed by atoms with van der Waals surface area (Å²) < 4.78 is 7.34. The molecule has 0 unspecified atom stereocenters. The predicted octanol–water partition coefficient (Wildman–Crippen LogP) is 2.17. The van der Waals surface area contributed by atoms with Gasteiger partial charge in [-0.3, -0.25) is 10.4 Å². The van der Waals surface area contributed by atoms with Gasteiger partial charge in [-0.05, 0) is 31.5 Å². The predicted molar refractivity (Wildman–Crippen MR) is 70.7 cm³/mol. The van der Waals surface area contributed by atoms with Crippen LogP contribution in [0.1, 0.15) is 16.9 Å². The summed E-state index contributed by atoms with van der Waals surface area (Å²) in [5.74, 6) is 0.817. The minimum atomic E-state index is 0.427. The van der Waals surface area contributed by atoms with Gasteiger partial charge >= 0.3 is 0 Å². The van der Waals surface area contributed by atoms with Crippen LogP contribution < -0.4 is 5.49 Å². The molecule has 0 saturated heterocycles. The Labute approximate surface area is 110 Å². The van der Waals surface area contributed by atoms with Crippen molar-refractivity contribution in [3.8, 4) is 0 Å². The lowest BCUT2D eigenvalue weighted by Crippen LogP contribution is -2.21. The van der Waals surface area contributed by atoms with Crippen molar-refractivity contribution < 1.29 is 4.42 Å². The van der Waals surface area contributed by atoms with E-state index < -0.39 is 0 Å². The summed E-state index contributed by atoms with van der Waals surface area (Å²) in [7, 11) is 0. The lowest BCUT2D eigenvalue weighted by Gasteiger charge is -2.06. The first-order valence-corrected chi connectivity index (χ1v) is 6.05. The van der Waals surface area contributed by atoms with Crippen LogP contribution in [0.2, 0.25) is 0 Å². The summed E-state index contributed by atoms with van der Waals surface area (Å²) in [6, 6.07) is 3.87. The number of aryl methyl sites for hydroxylation is 2. The first-order chi connectivity index (χ1) is 9.16. The van der Waals surface area contributed by atoms with Crippen molar-refractivity contribution in [3.05, 3.63) is 53.2 Å². The van der Waals surface area contributed by atoms with Crippen molar-refractivity contribution >= 4 is 11.1 Å². The molecule has 0 radical (unpaired) electrons. The lowest BCUT2D eigenvalue weighted by molar-refractivity contribution is 0.560. The summed E-state index contributed by atoms with van der Waals surface area (Å²) in [5.41, 5.74) is 3.03. The van der Waals surface area contributed by atoms with Crippen LogP contribution in [0.25, 0.3) is 11.1 Å². The second kappa shape index (κ2) is 4.35.